The number of aliphatic hydroxyl groups excluding tert-OH is 1. The molecule has 0 aromatic heterocycles. The molecule has 3 N–H and O–H groups in total. The summed E-state index contributed by atoms with van der Waals surface area (Å²) in [5, 5.41) is 15.7. The van der Waals surface area contributed by atoms with Crippen molar-refractivity contribution in [3.05, 3.63) is 58.6 Å². The van der Waals surface area contributed by atoms with E-state index in [4.69, 9.17) is 26.2 Å². The second kappa shape index (κ2) is 15.7. The lowest BCUT2D eigenvalue weighted by Gasteiger charge is -2.16. The zero-order valence-electron chi connectivity index (χ0n) is 15.9. The van der Waals surface area contributed by atoms with E-state index in [9.17, 15) is 0 Å². The topological polar surface area (TPSA) is 62.8 Å². The first-order chi connectivity index (χ1) is 12.7. The maximum atomic E-state index is 8.73. The summed E-state index contributed by atoms with van der Waals surface area (Å²) >= 11 is 6.44. The number of hydrogen-bond acceptors (Lipinski definition) is 5. The highest BCUT2D eigenvalue weighted by molar-refractivity contribution is 6.32. The maximum absolute atomic E-state index is 8.73. The van der Waals surface area contributed by atoms with Gasteiger partial charge in [-0.25, -0.2) is 0 Å². The Bertz CT molecular complexity index is 661. The average molecular weight is 452 g/mol. The number of hydrogen-bond donors (Lipinski definition) is 3. The van der Waals surface area contributed by atoms with Crippen molar-refractivity contribution in [1.29, 1.82) is 0 Å². The molecule has 0 amide bonds. The molecule has 28 heavy (non-hydrogen) atoms. The van der Waals surface area contributed by atoms with E-state index in [1.807, 2.05) is 49.4 Å². The van der Waals surface area contributed by atoms with Crippen LogP contribution in [0.2, 0.25) is 5.02 Å². The molecule has 0 atom stereocenters. The highest BCUT2D eigenvalue weighted by Gasteiger charge is 2.13. The molecule has 158 valence electrons. The summed E-state index contributed by atoms with van der Waals surface area (Å²) < 4.78 is 11.6. The zero-order chi connectivity index (χ0) is 18.6. The Balaban J connectivity index is 0.00000364. The van der Waals surface area contributed by atoms with E-state index in [1.165, 1.54) is 0 Å². The smallest absolute Gasteiger partial charge is 0.180 e. The molecular formula is C20H29Cl3N2O3. The fourth-order valence-corrected chi connectivity index (χ4v) is 2.76. The summed E-state index contributed by atoms with van der Waals surface area (Å²) in [7, 11) is 0. The maximum Gasteiger partial charge on any atom is 0.180 e. The summed E-state index contributed by atoms with van der Waals surface area (Å²) in [6, 6.07) is 13.8. The van der Waals surface area contributed by atoms with Crippen LogP contribution in [0, 0.1) is 0 Å². The second-order valence-corrected chi connectivity index (χ2v) is 6.17. The van der Waals surface area contributed by atoms with Gasteiger partial charge in [-0.1, -0.05) is 41.9 Å². The molecule has 0 spiro atoms. The number of ether oxygens (including phenoxy) is 2. The zero-order valence-corrected chi connectivity index (χ0v) is 18.3. The van der Waals surface area contributed by atoms with E-state index in [1.54, 1.807) is 0 Å². The van der Waals surface area contributed by atoms with E-state index in [2.05, 4.69) is 10.6 Å². The fourth-order valence-electron chi connectivity index (χ4n) is 2.47. The molecule has 2 rings (SSSR count). The van der Waals surface area contributed by atoms with Crippen molar-refractivity contribution >= 4 is 36.4 Å². The van der Waals surface area contributed by atoms with Gasteiger partial charge in [-0.2, -0.15) is 0 Å². The van der Waals surface area contributed by atoms with Gasteiger partial charge in [0.2, 0.25) is 0 Å². The van der Waals surface area contributed by atoms with E-state index < -0.39 is 0 Å². The van der Waals surface area contributed by atoms with Gasteiger partial charge in [-0.3, -0.25) is 0 Å². The third-order valence-corrected chi connectivity index (χ3v) is 3.97. The predicted octanol–water partition coefficient (Wildman–Crippen LogP) is 3.83. The van der Waals surface area contributed by atoms with Crippen LogP contribution in [0.5, 0.6) is 11.5 Å². The highest BCUT2D eigenvalue weighted by atomic mass is 35.5. The van der Waals surface area contributed by atoms with E-state index in [-0.39, 0.29) is 31.4 Å². The first kappa shape index (κ1) is 26.8. The third-order valence-electron chi connectivity index (χ3n) is 3.69. The molecule has 0 bridgehead atoms. The van der Waals surface area contributed by atoms with Crippen molar-refractivity contribution in [3.63, 3.8) is 0 Å². The fraction of sp³-hybridized carbons (Fsp3) is 0.400. The number of halogens is 3. The quantitative estimate of drug-likeness (QED) is 0.428. The lowest BCUT2D eigenvalue weighted by molar-refractivity contribution is 0.269. The van der Waals surface area contributed by atoms with Crippen LogP contribution in [0.3, 0.4) is 0 Å². The SMILES string of the molecule is CCOc1cc(CNCCNCCO)cc(Cl)c1OCc1ccccc1.Cl.Cl. The van der Waals surface area contributed by atoms with E-state index in [0.717, 1.165) is 24.2 Å². The van der Waals surface area contributed by atoms with E-state index in [0.29, 0.717) is 42.8 Å². The van der Waals surface area contributed by atoms with Gasteiger partial charge in [0.05, 0.1) is 18.2 Å². The van der Waals surface area contributed by atoms with Crippen molar-refractivity contribution in [2.75, 3.05) is 32.8 Å². The first-order valence-corrected chi connectivity index (χ1v) is 9.26. The Kier molecular flexibility index (Phi) is 15.0. The van der Waals surface area contributed by atoms with Crippen LogP contribution < -0.4 is 20.1 Å². The molecule has 0 aliphatic rings. The standard InChI is InChI=1S/C20H27ClN2O3.2ClH/c1-2-25-19-13-17(14-23-9-8-22-10-11-24)12-18(21)20(19)26-15-16-6-4-3-5-7-16;;/h3-7,12-13,22-24H,2,8-11,14-15H2,1H3;2*1H. The molecule has 0 saturated heterocycles. The summed E-state index contributed by atoms with van der Waals surface area (Å²) in [5.41, 5.74) is 2.11. The van der Waals surface area contributed by atoms with Gasteiger partial charge >= 0.3 is 0 Å². The molecule has 5 nitrogen and oxygen atoms in total. The molecule has 0 unspecified atom stereocenters. The number of nitrogens with one attached hydrogen (secondary N) is 2. The Morgan fingerprint density at radius 3 is 2.32 bits per heavy atom. The summed E-state index contributed by atoms with van der Waals surface area (Å²) in [4.78, 5) is 0. The molecule has 0 fully saturated rings. The minimum absolute atomic E-state index is 0. The highest BCUT2D eigenvalue weighted by Crippen LogP contribution is 2.37. The van der Waals surface area contributed by atoms with Crippen LogP contribution in [0.15, 0.2) is 42.5 Å². The third kappa shape index (κ3) is 9.32. The van der Waals surface area contributed by atoms with Gasteiger partial charge in [0.1, 0.15) is 6.61 Å². The molecule has 2 aromatic carbocycles. The number of rotatable bonds is 12. The average Bonchev–Trinajstić information content (AvgIpc) is 2.65. The Morgan fingerprint density at radius 2 is 1.64 bits per heavy atom. The molecule has 0 aliphatic heterocycles. The van der Waals surface area contributed by atoms with Crippen LogP contribution in [0.4, 0.5) is 0 Å². The molecule has 0 aliphatic carbocycles. The normalized spacial score (nSPS) is 9.96. The minimum atomic E-state index is 0. The lowest BCUT2D eigenvalue weighted by atomic mass is 10.2. The lowest BCUT2D eigenvalue weighted by Crippen LogP contribution is -2.28. The summed E-state index contributed by atoms with van der Waals surface area (Å²) in [5.74, 6) is 1.23. The minimum Gasteiger partial charge on any atom is -0.490 e. The van der Waals surface area contributed by atoms with Gasteiger partial charge in [0, 0.05) is 26.2 Å². The van der Waals surface area contributed by atoms with Gasteiger partial charge in [0.25, 0.3) is 0 Å². The van der Waals surface area contributed by atoms with E-state index >= 15 is 0 Å². The predicted molar refractivity (Wildman–Crippen MR) is 120 cm³/mol. The number of benzene rings is 2. The van der Waals surface area contributed by atoms with Crippen molar-refractivity contribution in [1.82, 2.24) is 10.6 Å². The largest absolute Gasteiger partial charge is 0.490 e. The molecule has 2 aromatic rings. The number of aliphatic hydroxyl groups is 1. The van der Waals surface area contributed by atoms with Crippen LogP contribution in [0.25, 0.3) is 0 Å². The van der Waals surface area contributed by atoms with Crippen molar-refractivity contribution in [2.24, 2.45) is 0 Å². The molecular weight excluding hydrogens is 423 g/mol. The Labute approximate surface area is 184 Å². The Hall–Kier alpha value is -1.21. The first-order valence-electron chi connectivity index (χ1n) is 8.88. The monoisotopic (exact) mass is 450 g/mol. The summed E-state index contributed by atoms with van der Waals surface area (Å²) in [6.07, 6.45) is 0. The van der Waals surface area contributed by atoms with Crippen LogP contribution in [-0.4, -0.2) is 38.0 Å². The van der Waals surface area contributed by atoms with Gasteiger partial charge in [0.15, 0.2) is 11.5 Å². The van der Waals surface area contributed by atoms with Gasteiger partial charge in [-0.05, 0) is 30.2 Å². The van der Waals surface area contributed by atoms with Crippen LogP contribution in [-0.2, 0) is 13.2 Å². The molecule has 8 heteroatoms. The summed E-state index contributed by atoms with van der Waals surface area (Å²) in [6.45, 7) is 5.95. The molecule has 0 radical (unpaired) electrons. The van der Waals surface area contributed by atoms with Gasteiger partial charge < -0.3 is 25.2 Å². The van der Waals surface area contributed by atoms with Crippen molar-refractivity contribution < 1.29 is 14.6 Å². The molecule has 0 heterocycles. The van der Waals surface area contributed by atoms with Gasteiger partial charge in [-0.15, -0.1) is 24.8 Å². The van der Waals surface area contributed by atoms with Crippen molar-refractivity contribution in [2.45, 2.75) is 20.1 Å². The molecule has 0 saturated carbocycles. The van der Waals surface area contributed by atoms with Crippen LogP contribution >= 0.6 is 36.4 Å². The van der Waals surface area contributed by atoms with Crippen molar-refractivity contribution in [3.8, 4) is 11.5 Å². The van der Waals surface area contributed by atoms with Crippen LogP contribution in [0.1, 0.15) is 18.1 Å². The second-order valence-electron chi connectivity index (χ2n) is 5.76. The Morgan fingerprint density at radius 1 is 0.929 bits per heavy atom.